The van der Waals surface area contributed by atoms with Gasteiger partial charge in [0.15, 0.2) is 0 Å². The highest BCUT2D eigenvalue weighted by atomic mass is 32.1. The highest BCUT2D eigenvalue weighted by Crippen LogP contribution is 2.34. The molecular weight excluding hydrogens is 408 g/mol. The number of carbonyl (C=O) groups is 2. The molecule has 2 aromatic carbocycles. The average molecular weight is 437 g/mol. The summed E-state index contributed by atoms with van der Waals surface area (Å²) < 4.78 is 6.33. The van der Waals surface area contributed by atoms with E-state index >= 15 is 0 Å². The van der Waals surface area contributed by atoms with Crippen molar-refractivity contribution >= 4 is 33.2 Å². The van der Waals surface area contributed by atoms with Gasteiger partial charge in [0.05, 0.1) is 18.4 Å². The summed E-state index contributed by atoms with van der Waals surface area (Å²) in [6, 6.07) is 16.0. The first-order valence-corrected chi connectivity index (χ1v) is 11.6. The molecule has 3 aromatic rings. The molecule has 1 fully saturated rings. The third-order valence-electron chi connectivity index (χ3n) is 6.03. The van der Waals surface area contributed by atoms with Gasteiger partial charge in [-0.05, 0) is 60.4 Å². The van der Waals surface area contributed by atoms with E-state index in [0.717, 1.165) is 57.6 Å². The molecule has 0 aliphatic carbocycles. The van der Waals surface area contributed by atoms with E-state index in [9.17, 15) is 9.59 Å². The number of benzene rings is 2. The summed E-state index contributed by atoms with van der Waals surface area (Å²) in [7, 11) is 3.31. The number of carbonyl (C=O) groups excluding carboxylic acids is 2. The number of nitrogens with zero attached hydrogens (tertiary/aromatic N) is 1. The number of hydrogen-bond acceptors (Lipinski definition) is 4. The van der Waals surface area contributed by atoms with Gasteiger partial charge in [0.1, 0.15) is 5.75 Å². The van der Waals surface area contributed by atoms with Gasteiger partial charge in [-0.2, -0.15) is 0 Å². The Bertz CT molecular complexity index is 1070. The molecule has 6 heteroatoms. The number of methoxy groups -OCH3 is 1. The summed E-state index contributed by atoms with van der Waals surface area (Å²) in [6.07, 6.45) is 4.19. The van der Waals surface area contributed by atoms with Gasteiger partial charge in [0.2, 0.25) is 5.91 Å². The molecule has 1 aromatic heterocycles. The minimum absolute atomic E-state index is 0.0527. The summed E-state index contributed by atoms with van der Waals surface area (Å²) in [4.78, 5) is 28.6. The molecule has 1 aliphatic rings. The summed E-state index contributed by atoms with van der Waals surface area (Å²) >= 11 is 1.53. The fourth-order valence-corrected chi connectivity index (χ4v) is 5.57. The first kappa shape index (κ1) is 21.4. The minimum atomic E-state index is -0.0527. The predicted octanol–water partition coefficient (Wildman–Crippen LogP) is 4.44. The summed E-state index contributed by atoms with van der Waals surface area (Å²) in [5, 5.41) is 3.90. The summed E-state index contributed by atoms with van der Waals surface area (Å²) in [5.74, 6) is 0.886. The van der Waals surface area contributed by atoms with Gasteiger partial charge < -0.3 is 15.0 Å². The van der Waals surface area contributed by atoms with E-state index in [2.05, 4.69) is 17.4 Å². The Hall–Kier alpha value is -2.86. The van der Waals surface area contributed by atoms with Crippen LogP contribution in [0.15, 0.2) is 48.5 Å². The number of piperidine rings is 1. The van der Waals surface area contributed by atoms with Crippen LogP contribution >= 0.6 is 11.3 Å². The molecule has 31 heavy (non-hydrogen) atoms. The Balaban J connectivity index is 1.58. The van der Waals surface area contributed by atoms with Crippen molar-refractivity contribution in [3.8, 4) is 5.75 Å². The maximum absolute atomic E-state index is 13.2. The van der Waals surface area contributed by atoms with Crippen LogP contribution in [-0.2, 0) is 17.6 Å². The van der Waals surface area contributed by atoms with Gasteiger partial charge in [-0.15, -0.1) is 11.3 Å². The molecule has 162 valence electrons. The molecule has 0 saturated carbocycles. The SMILES string of the molecule is CNC(=O)c1sc2ccccc2c1CC1CCCCN1C(=O)Cc1ccc(OC)cc1. The second-order valence-corrected chi connectivity index (χ2v) is 9.00. The van der Waals surface area contributed by atoms with Gasteiger partial charge in [0.25, 0.3) is 5.91 Å². The van der Waals surface area contributed by atoms with E-state index in [1.807, 2.05) is 41.3 Å². The van der Waals surface area contributed by atoms with Crippen molar-refractivity contribution in [2.24, 2.45) is 0 Å². The molecule has 2 heterocycles. The van der Waals surface area contributed by atoms with Crippen molar-refractivity contribution in [2.45, 2.75) is 38.1 Å². The van der Waals surface area contributed by atoms with Crippen LogP contribution in [0.2, 0.25) is 0 Å². The summed E-state index contributed by atoms with van der Waals surface area (Å²) in [6.45, 7) is 0.775. The van der Waals surface area contributed by atoms with Crippen molar-refractivity contribution in [3.05, 3.63) is 64.5 Å². The highest BCUT2D eigenvalue weighted by molar-refractivity contribution is 7.21. The zero-order valence-electron chi connectivity index (χ0n) is 18.0. The number of thiophene rings is 1. The molecule has 5 nitrogen and oxygen atoms in total. The fraction of sp³-hybridized carbons (Fsp3) is 0.360. The first-order valence-electron chi connectivity index (χ1n) is 10.8. The Morgan fingerprint density at radius 1 is 1.13 bits per heavy atom. The molecule has 0 bridgehead atoms. The quantitative estimate of drug-likeness (QED) is 0.622. The van der Waals surface area contributed by atoms with Gasteiger partial charge in [-0.1, -0.05) is 30.3 Å². The van der Waals surface area contributed by atoms with E-state index in [0.29, 0.717) is 12.8 Å². The van der Waals surface area contributed by atoms with Crippen LogP contribution in [0.3, 0.4) is 0 Å². The van der Waals surface area contributed by atoms with E-state index in [4.69, 9.17) is 4.74 Å². The monoisotopic (exact) mass is 436 g/mol. The van der Waals surface area contributed by atoms with Crippen molar-refractivity contribution in [3.63, 3.8) is 0 Å². The third kappa shape index (κ3) is 4.59. The van der Waals surface area contributed by atoms with E-state index in [1.165, 1.54) is 11.3 Å². The second-order valence-electron chi connectivity index (χ2n) is 7.95. The number of ether oxygens (including phenoxy) is 1. The van der Waals surface area contributed by atoms with Crippen LogP contribution in [-0.4, -0.2) is 43.5 Å². The van der Waals surface area contributed by atoms with Crippen LogP contribution in [0.1, 0.15) is 40.1 Å². The van der Waals surface area contributed by atoms with E-state index < -0.39 is 0 Å². The van der Waals surface area contributed by atoms with Crippen molar-refractivity contribution in [2.75, 3.05) is 20.7 Å². The predicted molar refractivity (Wildman–Crippen MR) is 125 cm³/mol. The van der Waals surface area contributed by atoms with Crippen LogP contribution in [0, 0.1) is 0 Å². The fourth-order valence-electron chi connectivity index (χ4n) is 4.39. The van der Waals surface area contributed by atoms with Crippen LogP contribution in [0.4, 0.5) is 0 Å². The van der Waals surface area contributed by atoms with E-state index in [-0.39, 0.29) is 17.9 Å². The van der Waals surface area contributed by atoms with Crippen LogP contribution < -0.4 is 10.1 Å². The van der Waals surface area contributed by atoms with Gasteiger partial charge >= 0.3 is 0 Å². The number of hydrogen-bond donors (Lipinski definition) is 1. The Morgan fingerprint density at radius 2 is 1.90 bits per heavy atom. The molecule has 2 amide bonds. The molecule has 1 atom stereocenters. The molecule has 0 spiro atoms. The maximum Gasteiger partial charge on any atom is 0.261 e. The molecule has 1 aliphatic heterocycles. The van der Waals surface area contributed by atoms with Gasteiger partial charge in [-0.25, -0.2) is 0 Å². The number of amides is 2. The summed E-state index contributed by atoms with van der Waals surface area (Å²) in [5.41, 5.74) is 2.05. The maximum atomic E-state index is 13.2. The number of likely N-dealkylation sites (tertiary alicyclic amines) is 1. The Morgan fingerprint density at radius 3 is 2.65 bits per heavy atom. The number of rotatable bonds is 6. The van der Waals surface area contributed by atoms with Crippen molar-refractivity contribution < 1.29 is 14.3 Å². The van der Waals surface area contributed by atoms with E-state index in [1.54, 1.807) is 14.2 Å². The molecule has 1 N–H and O–H groups in total. The van der Waals surface area contributed by atoms with Gasteiger partial charge in [-0.3, -0.25) is 9.59 Å². The van der Waals surface area contributed by atoms with Crippen molar-refractivity contribution in [1.82, 2.24) is 10.2 Å². The molecule has 1 unspecified atom stereocenters. The Kier molecular flexibility index (Phi) is 6.56. The number of nitrogens with one attached hydrogen (secondary N) is 1. The average Bonchev–Trinajstić information content (AvgIpc) is 3.18. The zero-order chi connectivity index (χ0) is 21.8. The van der Waals surface area contributed by atoms with Crippen LogP contribution in [0.5, 0.6) is 5.75 Å². The molecule has 0 radical (unpaired) electrons. The third-order valence-corrected chi connectivity index (χ3v) is 7.25. The molecule has 1 saturated heterocycles. The lowest BCUT2D eigenvalue weighted by Gasteiger charge is -2.36. The lowest BCUT2D eigenvalue weighted by molar-refractivity contribution is -0.134. The number of fused-ring (bicyclic) bond motifs is 1. The standard InChI is InChI=1S/C25H28N2O3S/c1-26-25(29)24-21(20-8-3-4-9-22(20)31-24)16-18-7-5-6-14-27(18)23(28)15-17-10-12-19(30-2)13-11-17/h3-4,8-13,18H,5-7,14-16H2,1-2H3,(H,26,29). The lowest BCUT2D eigenvalue weighted by atomic mass is 9.93. The molecular formula is C25H28N2O3S. The van der Waals surface area contributed by atoms with Crippen molar-refractivity contribution in [1.29, 1.82) is 0 Å². The minimum Gasteiger partial charge on any atom is -0.497 e. The lowest BCUT2D eigenvalue weighted by Crippen LogP contribution is -2.45. The Labute approximate surface area is 187 Å². The smallest absolute Gasteiger partial charge is 0.261 e. The zero-order valence-corrected chi connectivity index (χ0v) is 18.8. The molecule has 4 rings (SSSR count). The van der Waals surface area contributed by atoms with Gasteiger partial charge in [0, 0.05) is 24.3 Å². The first-order chi connectivity index (χ1) is 15.1. The van der Waals surface area contributed by atoms with Crippen LogP contribution in [0.25, 0.3) is 10.1 Å². The largest absolute Gasteiger partial charge is 0.497 e. The normalized spacial score (nSPS) is 16.3. The highest BCUT2D eigenvalue weighted by Gasteiger charge is 2.29. The topological polar surface area (TPSA) is 58.6 Å². The second kappa shape index (κ2) is 9.52.